The van der Waals surface area contributed by atoms with Gasteiger partial charge in [-0.1, -0.05) is 49.7 Å². The van der Waals surface area contributed by atoms with E-state index in [0.717, 1.165) is 24.1 Å². The molecule has 3 nitrogen and oxygen atoms in total. The average molecular weight is 317 g/mol. The highest BCUT2D eigenvalue weighted by Crippen LogP contribution is 2.19. The molecule has 0 unspecified atom stereocenters. The Balaban J connectivity index is 1.98. The molecule has 0 heterocycles. The molecule has 2 rings (SSSR count). The summed E-state index contributed by atoms with van der Waals surface area (Å²) in [5.74, 6) is 0. The number of rotatable bonds is 5. The van der Waals surface area contributed by atoms with Crippen molar-refractivity contribution in [1.29, 1.82) is 0 Å². The zero-order valence-corrected chi connectivity index (χ0v) is 13.7. The Bertz CT molecular complexity index is 608. The van der Waals surface area contributed by atoms with Crippen LogP contribution in [0.25, 0.3) is 0 Å². The first kappa shape index (κ1) is 16.4. The van der Waals surface area contributed by atoms with E-state index >= 15 is 0 Å². The van der Waals surface area contributed by atoms with Gasteiger partial charge in [-0.25, -0.2) is 4.79 Å². The number of halogens is 1. The number of hydrogen-bond donors (Lipinski definition) is 2. The molecule has 4 heteroatoms. The Morgan fingerprint density at radius 3 is 2.23 bits per heavy atom. The highest BCUT2D eigenvalue weighted by molar-refractivity contribution is 6.30. The minimum atomic E-state index is -0.203. The zero-order chi connectivity index (χ0) is 15.9. The number of carbonyl (C=O) groups excluding carboxylic acids is 1. The first-order valence-corrected chi connectivity index (χ1v) is 7.92. The van der Waals surface area contributed by atoms with Gasteiger partial charge < -0.3 is 10.6 Å². The molecule has 2 aromatic rings. The normalized spacial score (nSPS) is 11.8. The van der Waals surface area contributed by atoms with E-state index in [-0.39, 0.29) is 12.1 Å². The van der Waals surface area contributed by atoms with Crippen LogP contribution >= 0.6 is 11.6 Å². The van der Waals surface area contributed by atoms with Gasteiger partial charge in [0.1, 0.15) is 0 Å². The van der Waals surface area contributed by atoms with Gasteiger partial charge in [0.2, 0.25) is 0 Å². The van der Waals surface area contributed by atoms with Gasteiger partial charge in [0.15, 0.2) is 0 Å². The second kappa shape index (κ2) is 7.85. The van der Waals surface area contributed by atoms with Crippen molar-refractivity contribution in [3.63, 3.8) is 0 Å². The summed E-state index contributed by atoms with van der Waals surface area (Å²) in [6.45, 7) is 4.14. The molecule has 0 bridgehead atoms. The fourth-order valence-corrected chi connectivity index (χ4v) is 2.39. The molecule has 0 saturated carbocycles. The van der Waals surface area contributed by atoms with Gasteiger partial charge in [-0.2, -0.15) is 0 Å². The second-order valence-electron chi connectivity index (χ2n) is 5.16. The number of urea groups is 1. The monoisotopic (exact) mass is 316 g/mol. The number of benzene rings is 2. The molecule has 2 amide bonds. The van der Waals surface area contributed by atoms with Crippen LogP contribution in [0, 0.1) is 0 Å². The number of carbonyl (C=O) groups is 1. The molecule has 0 radical (unpaired) electrons. The van der Waals surface area contributed by atoms with E-state index in [0.29, 0.717) is 5.02 Å². The number of hydrogen-bond acceptors (Lipinski definition) is 1. The summed E-state index contributed by atoms with van der Waals surface area (Å²) in [7, 11) is 0. The molecule has 0 fully saturated rings. The zero-order valence-electron chi connectivity index (χ0n) is 12.9. The van der Waals surface area contributed by atoms with E-state index in [1.807, 2.05) is 55.5 Å². The summed E-state index contributed by atoms with van der Waals surface area (Å²) in [6, 6.07) is 15.2. The summed E-state index contributed by atoms with van der Waals surface area (Å²) in [4.78, 5) is 12.1. The maximum Gasteiger partial charge on any atom is 0.319 e. The topological polar surface area (TPSA) is 41.1 Å². The Morgan fingerprint density at radius 2 is 1.68 bits per heavy atom. The molecule has 2 N–H and O–H groups in total. The van der Waals surface area contributed by atoms with E-state index in [4.69, 9.17) is 11.6 Å². The molecule has 0 aromatic heterocycles. The van der Waals surface area contributed by atoms with Gasteiger partial charge in [0, 0.05) is 10.7 Å². The summed E-state index contributed by atoms with van der Waals surface area (Å²) in [6.07, 6.45) is 1.80. The van der Waals surface area contributed by atoms with Crippen molar-refractivity contribution >= 4 is 23.3 Å². The van der Waals surface area contributed by atoms with Gasteiger partial charge in [0.25, 0.3) is 0 Å². The maximum atomic E-state index is 12.1. The Morgan fingerprint density at radius 1 is 1.05 bits per heavy atom. The largest absolute Gasteiger partial charge is 0.331 e. The molecule has 0 aliphatic rings. The lowest BCUT2D eigenvalue weighted by Crippen LogP contribution is -2.32. The van der Waals surface area contributed by atoms with E-state index in [1.165, 1.54) is 5.56 Å². The van der Waals surface area contributed by atoms with Crippen LogP contribution in [0.3, 0.4) is 0 Å². The van der Waals surface area contributed by atoms with Crippen LogP contribution in [0.5, 0.6) is 0 Å². The third kappa shape index (κ3) is 4.50. The SMILES string of the molecule is CCc1ccc(NC(=O)N[C@@H](CC)c2ccc(Cl)cc2)cc1. The predicted octanol–water partition coefficient (Wildman–Crippen LogP) is 5.18. The van der Waals surface area contributed by atoms with Gasteiger partial charge in [0.05, 0.1) is 6.04 Å². The molecule has 116 valence electrons. The standard InChI is InChI=1S/C18H21ClN2O/c1-3-13-5-11-16(12-6-13)20-18(22)21-17(4-2)14-7-9-15(19)10-8-14/h5-12,17H,3-4H2,1-2H3,(H2,20,21,22)/t17-/m0/s1. The van der Waals surface area contributed by atoms with E-state index in [2.05, 4.69) is 17.6 Å². The lowest BCUT2D eigenvalue weighted by Gasteiger charge is -2.18. The third-order valence-corrected chi connectivity index (χ3v) is 3.86. The van der Waals surface area contributed by atoms with Crippen LogP contribution in [0.4, 0.5) is 10.5 Å². The average Bonchev–Trinajstić information content (AvgIpc) is 2.54. The first-order chi connectivity index (χ1) is 10.6. The van der Waals surface area contributed by atoms with Gasteiger partial charge in [-0.15, -0.1) is 0 Å². The number of nitrogens with one attached hydrogen (secondary N) is 2. The van der Waals surface area contributed by atoms with Crippen LogP contribution in [-0.4, -0.2) is 6.03 Å². The van der Waals surface area contributed by atoms with Gasteiger partial charge >= 0.3 is 6.03 Å². The fourth-order valence-electron chi connectivity index (χ4n) is 2.27. The molecule has 0 aliphatic carbocycles. The number of amides is 2. The van der Waals surface area contributed by atoms with Crippen molar-refractivity contribution in [2.75, 3.05) is 5.32 Å². The minimum absolute atomic E-state index is 0.0350. The highest BCUT2D eigenvalue weighted by atomic mass is 35.5. The molecule has 0 saturated heterocycles. The molecule has 0 aliphatic heterocycles. The predicted molar refractivity (Wildman–Crippen MR) is 92.5 cm³/mol. The first-order valence-electron chi connectivity index (χ1n) is 7.54. The van der Waals surface area contributed by atoms with Crippen LogP contribution in [0.1, 0.15) is 37.4 Å². The Kier molecular flexibility index (Phi) is 5.84. The van der Waals surface area contributed by atoms with Crippen LogP contribution in [0.15, 0.2) is 48.5 Å². The summed E-state index contributed by atoms with van der Waals surface area (Å²) >= 11 is 5.90. The van der Waals surface area contributed by atoms with Crippen molar-refractivity contribution in [3.8, 4) is 0 Å². The van der Waals surface area contributed by atoms with E-state index in [1.54, 1.807) is 0 Å². The fraction of sp³-hybridized carbons (Fsp3) is 0.278. The molecule has 0 spiro atoms. The molecule has 22 heavy (non-hydrogen) atoms. The van der Waals surface area contributed by atoms with Crippen molar-refractivity contribution in [2.24, 2.45) is 0 Å². The molecular weight excluding hydrogens is 296 g/mol. The van der Waals surface area contributed by atoms with Crippen LogP contribution in [-0.2, 0) is 6.42 Å². The van der Waals surface area contributed by atoms with E-state index in [9.17, 15) is 4.79 Å². The summed E-state index contributed by atoms with van der Waals surface area (Å²) in [5, 5.41) is 6.54. The second-order valence-corrected chi connectivity index (χ2v) is 5.60. The Labute approximate surface area is 136 Å². The summed E-state index contributed by atoms with van der Waals surface area (Å²) < 4.78 is 0. The molecular formula is C18H21ClN2O. The lowest BCUT2D eigenvalue weighted by atomic mass is 10.1. The van der Waals surface area contributed by atoms with Crippen LogP contribution < -0.4 is 10.6 Å². The lowest BCUT2D eigenvalue weighted by molar-refractivity contribution is 0.248. The Hall–Kier alpha value is -2.00. The minimum Gasteiger partial charge on any atom is -0.331 e. The van der Waals surface area contributed by atoms with Crippen molar-refractivity contribution in [3.05, 3.63) is 64.7 Å². The van der Waals surface area contributed by atoms with Crippen molar-refractivity contribution in [1.82, 2.24) is 5.32 Å². The molecule has 2 aromatic carbocycles. The number of anilines is 1. The van der Waals surface area contributed by atoms with E-state index < -0.39 is 0 Å². The maximum absolute atomic E-state index is 12.1. The van der Waals surface area contributed by atoms with Crippen molar-refractivity contribution in [2.45, 2.75) is 32.7 Å². The quantitative estimate of drug-likeness (QED) is 0.784. The van der Waals surface area contributed by atoms with Crippen LogP contribution in [0.2, 0.25) is 5.02 Å². The number of aryl methyl sites for hydroxylation is 1. The molecule has 1 atom stereocenters. The van der Waals surface area contributed by atoms with Gasteiger partial charge in [-0.05, 0) is 48.2 Å². The summed E-state index contributed by atoms with van der Waals surface area (Å²) in [5.41, 5.74) is 3.09. The van der Waals surface area contributed by atoms with Crippen molar-refractivity contribution < 1.29 is 4.79 Å². The highest BCUT2D eigenvalue weighted by Gasteiger charge is 2.12. The van der Waals surface area contributed by atoms with Gasteiger partial charge in [-0.3, -0.25) is 0 Å². The third-order valence-electron chi connectivity index (χ3n) is 3.61. The smallest absolute Gasteiger partial charge is 0.319 e.